The first kappa shape index (κ1) is 25.9. The number of hydrogen-bond acceptors (Lipinski definition) is 5. The number of aliphatic hydroxyl groups excluding tert-OH is 1. The number of carbonyl (C=O) groups is 1. The summed E-state index contributed by atoms with van der Waals surface area (Å²) in [5.41, 5.74) is 6.49. The van der Waals surface area contributed by atoms with Gasteiger partial charge in [0.25, 0.3) is 0 Å². The smallest absolute Gasteiger partial charge is 0.407 e. The molecule has 1 atom stereocenters. The Morgan fingerprint density at radius 1 is 1.25 bits per heavy atom. The first-order chi connectivity index (χ1) is 14.9. The van der Waals surface area contributed by atoms with Crippen molar-refractivity contribution in [1.29, 1.82) is 0 Å². The summed E-state index contributed by atoms with van der Waals surface area (Å²) < 4.78 is 19.7. The summed E-state index contributed by atoms with van der Waals surface area (Å²) in [6.07, 6.45) is -0.639. The lowest BCUT2D eigenvalue weighted by molar-refractivity contribution is 0.118. The number of amides is 1. The van der Waals surface area contributed by atoms with Crippen LogP contribution < -0.4 is 21.7 Å². The van der Waals surface area contributed by atoms with Crippen molar-refractivity contribution in [3.63, 3.8) is 0 Å². The normalized spacial score (nSPS) is 12.1. The Morgan fingerprint density at radius 3 is 2.53 bits per heavy atom. The van der Waals surface area contributed by atoms with Crippen LogP contribution in [0.25, 0.3) is 0 Å². The van der Waals surface area contributed by atoms with Crippen LogP contribution in [0.15, 0.2) is 30.3 Å². The van der Waals surface area contributed by atoms with Crippen molar-refractivity contribution >= 4 is 63.7 Å². The molecule has 0 aliphatic carbocycles. The van der Waals surface area contributed by atoms with Gasteiger partial charge in [-0.2, -0.15) is 0 Å². The van der Waals surface area contributed by atoms with E-state index in [1.54, 1.807) is 12.1 Å². The molecule has 0 aliphatic rings. The summed E-state index contributed by atoms with van der Waals surface area (Å²) in [7, 11) is 0. The maximum Gasteiger partial charge on any atom is 0.407 e. The lowest BCUT2D eigenvalue weighted by Crippen LogP contribution is -2.41. The molecule has 2 rings (SSSR count). The molecule has 0 saturated carbocycles. The highest BCUT2D eigenvalue weighted by Crippen LogP contribution is 2.32. The van der Waals surface area contributed by atoms with E-state index < -0.39 is 23.4 Å². The van der Waals surface area contributed by atoms with Crippen molar-refractivity contribution in [3.05, 3.63) is 51.8 Å². The lowest BCUT2D eigenvalue weighted by atomic mass is 9.97. The topological polar surface area (TPSA) is 109 Å². The molecule has 0 fully saturated rings. The van der Waals surface area contributed by atoms with Gasteiger partial charge in [0.1, 0.15) is 18.1 Å². The standard InChI is InChI=1S/C21H25Cl2FN4O3S/c1-21(2,3)28-20(30)31-10-11(9-29)13-5-6-15(24)18(17(13)25)27-19(32)26-16-7-4-12(22)8-14(16)23/h4-8,11,29H,9-10,25H2,1-3H3,(H,28,30)(H2,26,27,32). The highest BCUT2D eigenvalue weighted by atomic mass is 35.5. The number of rotatable bonds is 6. The van der Waals surface area contributed by atoms with E-state index in [2.05, 4.69) is 16.0 Å². The van der Waals surface area contributed by atoms with Gasteiger partial charge in [0.2, 0.25) is 0 Å². The molecule has 0 aromatic heterocycles. The predicted octanol–water partition coefficient (Wildman–Crippen LogP) is 5.12. The maximum atomic E-state index is 14.5. The summed E-state index contributed by atoms with van der Waals surface area (Å²) in [5, 5.41) is 18.8. The molecule has 1 unspecified atom stereocenters. The number of nitrogens with one attached hydrogen (secondary N) is 3. The fraction of sp³-hybridized carbons (Fsp3) is 0.333. The van der Waals surface area contributed by atoms with Crippen LogP contribution in [0.4, 0.5) is 26.2 Å². The summed E-state index contributed by atoms with van der Waals surface area (Å²) in [6.45, 7) is 4.89. The zero-order valence-corrected chi connectivity index (χ0v) is 20.1. The quantitative estimate of drug-likeness (QED) is 0.275. The number of alkyl carbamates (subject to hydrolysis) is 1. The maximum absolute atomic E-state index is 14.5. The van der Waals surface area contributed by atoms with E-state index in [1.165, 1.54) is 18.2 Å². The third kappa shape index (κ3) is 7.37. The molecule has 1 amide bonds. The number of halogens is 3. The van der Waals surface area contributed by atoms with Crippen molar-refractivity contribution < 1.29 is 19.0 Å². The number of anilines is 3. The second-order valence-electron chi connectivity index (χ2n) is 7.98. The van der Waals surface area contributed by atoms with Crippen LogP contribution in [0.2, 0.25) is 10.0 Å². The van der Waals surface area contributed by atoms with Gasteiger partial charge in [-0.05, 0) is 62.8 Å². The number of nitrogens with two attached hydrogens (primary N) is 1. The van der Waals surface area contributed by atoms with E-state index in [-0.39, 0.29) is 29.7 Å². The first-order valence-electron chi connectivity index (χ1n) is 9.58. The predicted molar refractivity (Wildman–Crippen MR) is 131 cm³/mol. The zero-order valence-electron chi connectivity index (χ0n) is 17.8. The van der Waals surface area contributed by atoms with Gasteiger partial charge in [-0.3, -0.25) is 0 Å². The number of aliphatic hydroxyl groups is 1. The molecule has 0 spiro atoms. The molecule has 0 radical (unpaired) electrons. The molecule has 7 nitrogen and oxygen atoms in total. The van der Waals surface area contributed by atoms with Crippen molar-refractivity contribution in [2.75, 3.05) is 29.6 Å². The fourth-order valence-electron chi connectivity index (χ4n) is 2.71. The molecule has 0 aliphatic heterocycles. The van der Waals surface area contributed by atoms with Crippen LogP contribution in [0.1, 0.15) is 32.3 Å². The number of hydrogen-bond donors (Lipinski definition) is 5. The van der Waals surface area contributed by atoms with Gasteiger partial charge in [0.05, 0.1) is 23.0 Å². The second-order valence-corrected chi connectivity index (χ2v) is 9.23. The van der Waals surface area contributed by atoms with Gasteiger partial charge in [-0.25, -0.2) is 9.18 Å². The van der Waals surface area contributed by atoms with E-state index in [0.29, 0.717) is 21.3 Å². The van der Waals surface area contributed by atoms with Crippen LogP contribution in [0, 0.1) is 5.82 Å². The Balaban J connectivity index is 2.16. The molecular formula is C21H25Cl2FN4O3S. The molecule has 2 aromatic carbocycles. The van der Waals surface area contributed by atoms with Crippen LogP contribution in [0.5, 0.6) is 0 Å². The number of nitrogen functional groups attached to an aromatic ring is 1. The Morgan fingerprint density at radius 2 is 1.94 bits per heavy atom. The van der Waals surface area contributed by atoms with E-state index in [9.17, 15) is 14.3 Å². The average molecular weight is 503 g/mol. The molecule has 0 bridgehead atoms. The van der Waals surface area contributed by atoms with Crippen molar-refractivity contribution in [1.82, 2.24) is 5.32 Å². The van der Waals surface area contributed by atoms with Gasteiger partial charge < -0.3 is 31.5 Å². The van der Waals surface area contributed by atoms with Crippen LogP contribution >= 0.6 is 35.4 Å². The van der Waals surface area contributed by atoms with E-state index in [4.69, 9.17) is 45.9 Å². The van der Waals surface area contributed by atoms with Crippen molar-refractivity contribution in [2.24, 2.45) is 0 Å². The molecule has 2 aromatic rings. The third-order valence-electron chi connectivity index (χ3n) is 4.20. The molecule has 32 heavy (non-hydrogen) atoms. The van der Waals surface area contributed by atoms with E-state index in [0.717, 1.165) is 0 Å². The Kier molecular flexibility index (Phi) is 8.91. The molecule has 11 heteroatoms. The molecule has 6 N–H and O–H groups in total. The Hall–Kier alpha value is -2.33. The van der Waals surface area contributed by atoms with Crippen LogP contribution in [0.3, 0.4) is 0 Å². The average Bonchev–Trinajstić information content (AvgIpc) is 2.67. The first-order valence-corrected chi connectivity index (χ1v) is 10.7. The number of benzene rings is 2. The SMILES string of the molecule is CC(C)(C)NC(=O)OCC(CO)c1ccc(F)c(NC(=S)Nc2ccc(Cl)cc2Cl)c1N. The van der Waals surface area contributed by atoms with Crippen LogP contribution in [-0.2, 0) is 4.74 Å². The lowest BCUT2D eigenvalue weighted by Gasteiger charge is -2.23. The molecule has 174 valence electrons. The highest BCUT2D eigenvalue weighted by Gasteiger charge is 2.22. The van der Waals surface area contributed by atoms with Crippen molar-refractivity contribution in [2.45, 2.75) is 32.2 Å². The van der Waals surface area contributed by atoms with Gasteiger partial charge >= 0.3 is 6.09 Å². The van der Waals surface area contributed by atoms with Gasteiger partial charge in [0.15, 0.2) is 5.11 Å². The summed E-state index contributed by atoms with van der Waals surface area (Å²) >= 11 is 17.2. The summed E-state index contributed by atoms with van der Waals surface area (Å²) in [4.78, 5) is 11.9. The zero-order chi connectivity index (χ0) is 24.1. The minimum absolute atomic E-state index is 0.0234. The monoisotopic (exact) mass is 502 g/mol. The third-order valence-corrected chi connectivity index (χ3v) is 4.95. The van der Waals surface area contributed by atoms with E-state index in [1.807, 2.05) is 20.8 Å². The Bertz CT molecular complexity index is 1000. The largest absolute Gasteiger partial charge is 0.449 e. The Labute approximate surface area is 201 Å². The number of ether oxygens (including phenoxy) is 1. The van der Waals surface area contributed by atoms with Gasteiger partial charge in [-0.15, -0.1) is 0 Å². The van der Waals surface area contributed by atoms with Crippen LogP contribution in [-0.4, -0.2) is 35.1 Å². The van der Waals surface area contributed by atoms with E-state index >= 15 is 0 Å². The minimum atomic E-state index is -0.672. The van der Waals surface area contributed by atoms with Crippen molar-refractivity contribution in [3.8, 4) is 0 Å². The van der Waals surface area contributed by atoms with Gasteiger partial charge in [-0.1, -0.05) is 29.3 Å². The molecule has 0 saturated heterocycles. The number of thiocarbonyl (C=S) groups is 1. The van der Waals surface area contributed by atoms with Gasteiger partial charge in [0, 0.05) is 16.5 Å². The summed E-state index contributed by atoms with van der Waals surface area (Å²) in [5.74, 6) is -1.32. The molecule has 0 heterocycles. The summed E-state index contributed by atoms with van der Waals surface area (Å²) in [6, 6.07) is 7.38. The second kappa shape index (κ2) is 11.0. The minimum Gasteiger partial charge on any atom is -0.449 e. The fourth-order valence-corrected chi connectivity index (χ4v) is 3.38. The molecular weight excluding hydrogens is 478 g/mol. The number of carbonyl (C=O) groups excluding carboxylic acids is 1. The highest BCUT2D eigenvalue weighted by molar-refractivity contribution is 7.80.